The van der Waals surface area contributed by atoms with Crippen molar-refractivity contribution < 1.29 is 4.74 Å². The van der Waals surface area contributed by atoms with Crippen molar-refractivity contribution in [3.63, 3.8) is 0 Å². The van der Waals surface area contributed by atoms with E-state index >= 15 is 0 Å². The van der Waals surface area contributed by atoms with Crippen LogP contribution in [0.5, 0.6) is 5.75 Å². The molecule has 3 N–H and O–H groups in total. The molecule has 1 unspecified atom stereocenters. The standard InChI is InChI=1S/C15H22N4O/c1-10-5-6-11(2)12(7-10)8-13(18-16)15-14(20-4)9-17-19(15)3/h5-7,9,13,18H,8,16H2,1-4H3. The number of nitrogens with zero attached hydrogens (tertiary/aromatic N) is 2. The lowest BCUT2D eigenvalue weighted by Gasteiger charge is -2.19. The number of rotatable bonds is 5. The molecule has 0 bridgehead atoms. The van der Waals surface area contributed by atoms with Gasteiger partial charge in [-0.15, -0.1) is 0 Å². The summed E-state index contributed by atoms with van der Waals surface area (Å²) < 4.78 is 7.16. The van der Waals surface area contributed by atoms with Crippen molar-refractivity contribution in [2.24, 2.45) is 12.9 Å². The van der Waals surface area contributed by atoms with Crippen LogP contribution in [0.3, 0.4) is 0 Å². The lowest BCUT2D eigenvalue weighted by atomic mass is 9.97. The molecule has 0 aliphatic heterocycles. The first-order chi connectivity index (χ1) is 9.56. The topological polar surface area (TPSA) is 65.1 Å². The van der Waals surface area contributed by atoms with Crippen LogP contribution in [-0.4, -0.2) is 16.9 Å². The molecular weight excluding hydrogens is 252 g/mol. The number of hydrazine groups is 1. The lowest BCUT2D eigenvalue weighted by Crippen LogP contribution is -2.31. The molecular formula is C15H22N4O. The number of aryl methyl sites for hydroxylation is 3. The second-order valence-electron chi connectivity index (χ2n) is 5.08. The largest absolute Gasteiger partial charge is 0.493 e. The Hall–Kier alpha value is -1.85. The molecule has 0 radical (unpaired) electrons. The summed E-state index contributed by atoms with van der Waals surface area (Å²) in [5.74, 6) is 6.50. The summed E-state index contributed by atoms with van der Waals surface area (Å²) in [5.41, 5.74) is 7.61. The van der Waals surface area contributed by atoms with Crippen LogP contribution in [0, 0.1) is 13.8 Å². The van der Waals surface area contributed by atoms with Crippen molar-refractivity contribution in [2.45, 2.75) is 26.3 Å². The molecule has 0 saturated heterocycles. The zero-order valence-electron chi connectivity index (χ0n) is 12.5. The first-order valence-electron chi connectivity index (χ1n) is 6.65. The van der Waals surface area contributed by atoms with Crippen LogP contribution in [0.2, 0.25) is 0 Å². The van der Waals surface area contributed by atoms with E-state index in [4.69, 9.17) is 10.6 Å². The van der Waals surface area contributed by atoms with Crippen molar-refractivity contribution in [3.8, 4) is 5.75 Å². The molecule has 1 heterocycles. The maximum atomic E-state index is 5.75. The molecule has 0 amide bonds. The Kier molecular flexibility index (Phi) is 4.42. The molecule has 0 spiro atoms. The number of aromatic nitrogens is 2. The molecule has 2 rings (SSSR count). The van der Waals surface area contributed by atoms with E-state index < -0.39 is 0 Å². The smallest absolute Gasteiger partial charge is 0.161 e. The van der Waals surface area contributed by atoms with Gasteiger partial charge in [0.05, 0.1) is 25.0 Å². The van der Waals surface area contributed by atoms with Gasteiger partial charge in [0.2, 0.25) is 0 Å². The van der Waals surface area contributed by atoms with E-state index in [0.717, 1.165) is 17.9 Å². The fraction of sp³-hybridized carbons (Fsp3) is 0.400. The van der Waals surface area contributed by atoms with Crippen LogP contribution in [0.15, 0.2) is 24.4 Å². The fourth-order valence-corrected chi connectivity index (χ4v) is 2.46. The third-order valence-corrected chi connectivity index (χ3v) is 3.63. The van der Waals surface area contributed by atoms with Gasteiger partial charge in [-0.25, -0.2) is 0 Å². The highest BCUT2D eigenvalue weighted by atomic mass is 16.5. The highest BCUT2D eigenvalue weighted by Gasteiger charge is 2.20. The van der Waals surface area contributed by atoms with Gasteiger partial charge in [0.1, 0.15) is 0 Å². The lowest BCUT2D eigenvalue weighted by molar-refractivity contribution is 0.394. The fourth-order valence-electron chi connectivity index (χ4n) is 2.46. The van der Waals surface area contributed by atoms with Crippen molar-refractivity contribution in [2.75, 3.05) is 7.11 Å². The van der Waals surface area contributed by atoms with Crippen LogP contribution in [0.25, 0.3) is 0 Å². The van der Waals surface area contributed by atoms with Gasteiger partial charge in [-0.3, -0.25) is 16.0 Å². The molecule has 0 saturated carbocycles. The van der Waals surface area contributed by atoms with Gasteiger partial charge in [0, 0.05) is 7.05 Å². The van der Waals surface area contributed by atoms with E-state index in [2.05, 4.69) is 42.6 Å². The van der Waals surface area contributed by atoms with E-state index in [1.54, 1.807) is 18.0 Å². The molecule has 0 aliphatic carbocycles. The minimum Gasteiger partial charge on any atom is -0.493 e. The summed E-state index contributed by atoms with van der Waals surface area (Å²) in [4.78, 5) is 0. The number of hydrogen-bond donors (Lipinski definition) is 2. The van der Waals surface area contributed by atoms with Gasteiger partial charge in [-0.2, -0.15) is 5.10 Å². The molecule has 2 aromatic rings. The first kappa shape index (κ1) is 14.6. The van der Waals surface area contributed by atoms with E-state index in [1.807, 2.05) is 7.05 Å². The maximum absolute atomic E-state index is 5.75. The second-order valence-corrected chi connectivity index (χ2v) is 5.08. The van der Waals surface area contributed by atoms with Crippen LogP contribution < -0.4 is 16.0 Å². The Bertz CT molecular complexity index is 592. The average molecular weight is 274 g/mol. The predicted molar refractivity (Wildman–Crippen MR) is 79.4 cm³/mol. The summed E-state index contributed by atoms with van der Waals surface area (Å²) in [7, 11) is 3.54. The number of nitrogens with two attached hydrogens (primary N) is 1. The van der Waals surface area contributed by atoms with Crippen LogP contribution in [0.4, 0.5) is 0 Å². The van der Waals surface area contributed by atoms with Crippen LogP contribution in [-0.2, 0) is 13.5 Å². The maximum Gasteiger partial charge on any atom is 0.161 e. The molecule has 5 nitrogen and oxygen atoms in total. The van der Waals surface area contributed by atoms with E-state index in [9.17, 15) is 0 Å². The summed E-state index contributed by atoms with van der Waals surface area (Å²) in [6.07, 6.45) is 2.50. The van der Waals surface area contributed by atoms with Crippen molar-refractivity contribution in [3.05, 3.63) is 46.8 Å². The Morgan fingerprint density at radius 2 is 2.15 bits per heavy atom. The van der Waals surface area contributed by atoms with E-state index in [-0.39, 0.29) is 6.04 Å². The highest BCUT2D eigenvalue weighted by Crippen LogP contribution is 2.27. The Balaban J connectivity index is 2.33. The molecule has 5 heteroatoms. The molecule has 1 atom stereocenters. The highest BCUT2D eigenvalue weighted by molar-refractivity contribution is 5.34. The molecule has 1 aromatic heterocycles. The number of hydrogen-bond acceptors (Lipinski definition) is 4. The molecule has 1 aromatic carbocycles. The zero-order valence-corrected chi connectivity index (χ0v) is 12.5. The van der Waals surface area contributed by atoms with Gasteiger partial charge >= 0.3 is 0 Å². The number of methoxy groups -OCH3 is 1. The number of ether oxygens (including phenoxy) is 1. The Morgan fingerprint density at radius 3 is 2.80 bits per heavy atom. The Labute approximate surface area is 119 Å². The van der Waals surface area contributed by atoms with Gasteiger partial charge in [-0.05, 0) is 31.4 Å². The third-order valence-electron chi connectivity index (χ3n) is 3.63. The Morgan fingerprint density at radius 1 is 1.40 bits per heavy atom. The first-order valence-corrected chi connectivity index (χ1v) is 6.65. The van der Waals surface area contributed by atoms with Crippen molar-refractivity contribution >= 4 is 0 Å². The third kappa shape index (κ3) is 2.84. The van der Waals surface area contributed by atoms with Crippen molar-refractivity contribution in [1.82, 2.24) is 15.2 Å². The van der Waals surface area contributed by atoms with Gasteiger partial charge < -0.3 is 4.74 Å². The SMILES string of the molecule is COc1cnn(C)c1C(Cc1cc(C)ccc1C)NN. The van der Waals surface area contributed by atoms with Gasteiger partial charge in [-0.1, -0.05) is 23.8 Å². The zero-order chi connectivity index (χ0) is 14.7. The predicted octanol–water partition coefficient (Wildman–Crippen LogP) is 1.79. The van der Waals surface area contributed by atoms with Gasteiger partial charge in [0.15, 0.2) is 5.75 Å². The van der Waals surface area contributed by atoms with Gasteiger partial charge in [0.25, 0.3) is 0 Å². The molecule has 0 fully saturated rings. The monoisotopic (exact) mass is 274 g/mol. The van der Waals surface area contributed by atoms with Crippen LogP contribution >= 0.6 is 0 Å². The summed E-state index contributed by atoms with van der Waals surface area (Å²) in [6.45, 7) is 4.21. The number of nitrogens with one attached hydrogen (secondary N) is 1. The van der Waals surface area contributed by atoms with Crippen molar-refractivity contribution in [1.29, 1.82) is 0 Å². The summed E-state index contributed by atoms with van der Waals surface area (Å²) in [6, 6.07) is 6.41. The second kappa shape index (κ2) is 6.07. The van der Waals surface area contributed by atoms with E-state index in [1.165, 1.54) is 16.7 Å². The molecule has 108 valence electrons. The van der Waals surface area contributed by atoms with Crippen LogP contribution in [0.1, 0.15) is 28.4 Å². The minimum atomic E-state index is -0.0436. The summed E-state index contributed by atoms with van der Waals surface area (Å²) in [5, 5.41) is 4.23. The number of benzene rings is 1. The average Bonchev–Trinajstić information content (AvgIpc) is 2.81. The quantitative estimate of drug-likeness (QED) is 0.644. The minimum absolute atomic E-state index is 0.0436. The normalized spacial score (nSPS) is 12.4. The van der Waals surface area contributed by atoms with E-state index in [0.29, 0.717) is 0 Å². The summed E-state index contributed by atoms with van der Waals surface area (Å²) >= 11 is 0. The molecule has 20 heavy (non-hydrogen) atoms. The molecule has 0 aliphatic rings.